The van der Waals surface area contributed by atoms with E-state index >= 15 is 0 Å². The zero-order valence-electron chi connectivity index (χ0n) is 5.04. The van der Waals surface area contributed by atoms with Gasteiger partial charge in [0.15, 0.2) is 0 Å². The lowest BCUT2D eigenvalue weighted by molar-refractivity contribution is 0.0812. The molecule has 1 aliphatic rings. The first-order valence-electron chi connectivity index (χ1n) is 2.69. The van der Waals surface area contributed by atoms with Crippen molar-refractivity contribution in [2.45, 2.75) is 6.92 Å². The fourth-order valence-electron chi connectivity index (χ4n) is 0.518. The molecule has 0 unspecified atom stereocenters. The normalized spacial score (nSPS) is 44.9. The molecule has 54 valence electrons. The van der Waals surface area contributed by atoms with E-state index < -0.39 is 7.91 Å². The maximum absolute atomic E-state index is 12.2. The number of hydrogen-bond acceptors (Lipinski definition) is 3. The van der Waals surface area contributed by atoms with Crippen LogP contribution in [0.25, 0.3) is 0 Å². The summed E-state index contributed by atoms with van der Waals surface area (Å²) in [5, 5.41) is 0. The van der Waals surface area contributed by atoms with Gasteiger partial charge in [0.1, 0.15) is 0 Å². The Labute approximate surface area is 52.8 Å². The second-order valence-corrected chi connectivity index (χ2v) is 3.50. The van der Waals surface area contributed by atoms with Crippen LogP contribution in [0.4, 0.5) is 4.20 Å². The van der Waals surface area contributed by atoms with Crippen LogP contribution in [0.5, 0.6) is 0 Å². The van der Waals surface area contributed by atoms with Crippen LogP contribution < -0.4 is 0 Å². The minimum Gasteiger partial charge on any atom is -0.283 e. The average Bonchev–Trinajstić information content (AvgIpc) is 1.78. The molecular formula is C4H8FO3P. The molecule has 1 heterocycles. The summed E-state index contributed by atoms with van der Waals surface area (Å²) in [6.07, 6.45) is 0. The van der Waals surface area contributed by atoms with Crippen molar-refractivity contribution >= 4 is 7.91 Å². The molecule has 1 aliphatic heterocycles. The van der Waals surface area contributed by atoms with Crippen molar-refractivity contribution in [3.8, 4) is 0 Å². The third kappa shape index (κ3) is 2.05. The molecule has 0 radical (unpaired) electrons. The van der Waals surface area contributed by atoms with E-state index in [9.17, 15) is 8.76 Å². The maximum atomic E-state index is 12.2. The maximum Gasteiger partial charge on any atom is 0.513 e. The molecule has 1 fully saturated rings. The number of rotatable bonds is 0. The fourth-order valence-corrected chi connectivity index (χ4v) is 1.46. The first-order chi connectivity index (χ1) is 4.10. The Morgan fingerprint density at radius 3 is 2.33 bits per heavy atom. The summed E-state index contributed by atoms with van der Waals surface area (Å²) >= 11 is 0. The van der Waals surface area contributed by atoms with Crippen LogP contribution in [0.3, 0.4) is 0 Å². The Bertz CT molecular complexity index is 137. The SMILES string of the molecule is CC1COP(=O)(F)OC1. The zero-order chi connectivity index (χ0) is 6.91. The molecule has 0 spiro atoms. The van der Waals surface area contributed by atoms with E-state index in [1.807, 2.05) is 6.92 Å². The minimum absolute atomic E-state index is 0.142. The molecule has 5 heteroatoms. The Hall–Kier alpha value is 0.0800. The van der Waals surface area contributed by atoms with Crippen molar-refractivity contribution in [3.63, 3.8) is 0 Å². The molecule has 1 saturated heterocycles. The van der Waals surface area contributed by atoms with E-state index in [0.29, 0.717) is 0 Å². The smallest absolute Gasteiger partial charge is 0.283 e. The van der Waals surface area contributed by atoms with E-state index in [4.69, 9.17) is 0 Å². The van der Waals surface area contributed by atoms with Gasteiger partial charge in [-0.25, -0.2) is 4.57 Å². The molecule has 3 nitrogen and oxygen atoms in total. The van der Waals surface area contributed by atoms with Gasteiger partial charge < -0.3 is 0 Å². The molecule has 0 aromatic carbocycles. The molecule has 9 heavy (non-hydrogen) atoms. The van der Waals surface area contributed by atoms with E-state index in [1.54, 1.807) is 0 Å². The van der Waals surface area contributed by atoms with Crippen molar-refractivity contribution in [2.24, 2.45) is 5.92 Å². The fraction of sp³-hybridized carbons (Fsp3) is 1.00. The second kappa shape index (κ2) is 2.37. The van der Waals surface area contributed by atoms with Crippen LogP contribution >= 0.6 is 7.91 Å². The molecule has 0 atom stereocenters. The van der Waals surface area contributed by atoms with Gasteiger partial charge in [0.2, 0.25) is 0 Å². The number of hydrogen-bond donors (Lipinski definition) is 0. The van der Waals surface area contributed by atoms with Crippen LogP contribution in [-0.4, -0.2) is 13.2 Å². The van der Waals surface area contributed by atoms with Gasteiger partial charge in [0, 0.05) is 5.92 Å². The van der Waals surface area contributed by atoms with Gasteiger partial charge in [-0.1, -0.05) is 6.92 Å². The van der Waals surface area contributed by atoms with Crippen LogP contribution in [0.2, 0.25) is 0 Å². The number of halogens is 1. The van der Waals surface area contributed by atoms with Crippen LogP contribution in [0.1, 0.15) is 6.92 Å². The molecule has 1 rings (SSSR count). The average molecular weight is 154 g/mol. The third-order valence-corrected chi connectivity index (χ3v) is 1.94. The zero-order valence-corrected chi connectivity index (χ0v) is 5.94. The summed E-state index contributed by atoms with van der Waals surface area (Å²) in [6.45, 7) is 2.21. The van der Waals surface area contributed by atoms with Crippen molar-refractivity contribution in [1.29, 1.82) is 0 Å². The molecule has 0 bridgehead atoms. The van der Waals surface area contributed by atoms with Gasteiger partial charge in [-0.15, -0.1) is 4.20 Å². The lowest BCUT2D eigenvalue weighted by Crippen LogP contribution is -2.16. The summed E-state index contributed by atoms with van der Waals surface area (Å²) in [4.78, 5) is 0. The molecule has 0 saturated carbocycles. The largest absolute Gasteiger partial charge is 0.513 e. The third-order valence-electron chi connectivity index (χ3n) is 1.03. The van der Waals surface area contributed by atoms with Gasteiger partial charge in [-0.05, 0) is 0 Å². The lowest BCUT2D eigenvalue weighted by atomic mass is 10.2. The quantitative estimate of drug-likeness (QED) is 0.498. The van der Waals surface area contributed by atoms with Crippen LogP contribution in [-0.2, 0) is 13.6 Å². The highest BCUT2D eigenvalue weighted by atomic mass is 31.2. The second-order valence-electron chi connectivity index (χ2n) is 2.13. The van der Waals surface area contributed by atoms with Gasteiger partial charge >= 0.3 is 7.91 Å². The van der Waals surface area contributed by atoms with E-state index in [-0.39, 0.29) is 19.1 Å². The molecule has 0 N–H and O–H groups in total. The van der Waals surface area contributed by atoms with Gasteiger partial charge in [0.25, 0.3) is 0 Å². The van der Waals surface area contributed by atoms with Crippen molar-refractivity contribution in [3.05, 3.63) is 0 Å². The first kappa shape index (κ1) is 7.19. The minimum atomic E-state index is -4.12. The molecule has 0 aromatic rings. The first-order valence-corrected chi connectivity index (χ1v) is 4.12. The molecular weight excluding hydrogens is 146 g/mol. The lowest BCUT2D eigenvalue weighted by Gasteiger charge is -2.20. The standard InChI is InChI=1S/C4H8FO3P/c1-4-2-7-9(5,6)8-3-4/h4H,2-3H2,1H3. The summed E-state index contributed by atoms with van der Waals surface area (Å²) in [6, 6.07) is 0. The Kier molecular flexibility index (Phi) is 1.89. The molecule has 0 amide bonds. The Morgan fingerprint density at radius 2 is 2.00 bits per heavy atom. The van der Waals surface area contributed by atoms with E-state index in [1.165, 1.54) is 0 Å². The molecule has 0 aromatic heterocycles. The Morgan fingerprint density at radius 1 is 1.56 bits per heavy atom. The highest BCUT2D eigenvalue weighted by Crippen LogP contribution is 2.52. The summed E-state index contributed by atoms with van der Waals surface area (Å²) < 4.78 is 30.9. The van der Waals surface area contributed by atoms with Crippen molar-refractivity contribution in [2.75, 3.05) is 13.2 Å². The van der Waals surface area contributed by atoms with E-state index in [0.717, 1.165) is 0 Å². The topological polar surface area (TPSA) is 35.5 Å². The predicted octanol–water partition coefficient (Wildman–Crippen LogP) is 1.75. The highest BCUT2D eigenvalue weighted by molar-refractivity contribution is 7.48. The Balaban J connectivity index is 2.44. The van der Waals surface area contributed by atoms with Crippen molar-refractivity contribution < 1.29 is 17.8 Å². The molecule has 0 aliphatic carbocycles. The van der Waals surface area contributed by atoms with E-state index in [2.05, 4.69) is 9.05 Å². The van der Waals surface area contributed by atoms with Crippen LogP contribution in [0, 0.1) is 5.92 Å². The van der Waals surface area contributed by atoms with Gasteiger partial charge in [-0.3, -0.25) is 9.05 Å². The predicted molar refractivity (Wildman–Crippen MR) is 29.8 cm³/mol. The monoisotopic (exact) mass is 154 g/mol. The highest BCUT2D eigenvalue weighted by Gasteiger charge is 2.30. The van der Waals surface area contributed by atoms with Crippen molar-refractivity contribution in [1.82, 2.24) is 0 Å². The van der Waals surface area contributed by atoms with Crippen LogP contribution in [0.15, 0.2) is 0 Å². The summed E-state index contributed by atoms with van der Waals surface area (Å²) in [5.74, 6) is 0.142. The van der Waals surface area contributed by atoms with Gasteiger partial charge in [-0.2, -0.15) is 0 Å². The summed E-state index contributed by atoms with van der Waals surface area (Å²) in [5.41, 5.74) is 0. The summed E-state index contributed by atoms with van der Waals surface area (Å²) in [7, 11) is -4.12. The van der Waals surface area contributed by atoms with Gasteiger partial charge in [0.05, 0.1) is 13.2 Å².